The van der Waals surface area contributed by atoms with Gasteiger partial charge >= 0.3 is 0 Å². The summed E-state index contributed by atoms with van der Waals surface area (Å²) in [7, 11) is 0. The molecule has 234 valence electrons. The van der Waals surface area contributed by atoms with E-state index in [1.165, 1.54) is 115 Å². The summed E-state index contributed by atoms with van der Waals surface area (Å²) >= 11 is 0. The molecule has 0 amide bonds. The molecular formula is C50H34. The van der Waals surface area contributed by atoms with Crippen molar-refractivity contribution >= 4 is 43.1 Å². The maximum atomic E-state index is 2.51. The number of fused-ring (bicyclic) bond motifs is 9. The molecule has 50 heavy (non-hydrogen) atoms. The molecule has 9 aromatic carbocycles. The van der Waals surface area contributed by atoms with E-state index in [4.69, 9.17) is 0 Å². The van der Waals surface area contributed by atoms with Crippen LogP contribution in [0.15, 0.2) is 152 Å². The van der Waals surface area contributed by atoms with Crippen molar-refractivity contribution in [2.45, 2.75) is 26.2 Å². The van der Waals surface area contributed by atoms with Gasteiger partial charge in [0.25, 0.3) is 0 Å². The highest BCUT2D eigenvalue weighted by Crippen LogP contribution is 2.60. The molecule has 0 aliphatic heterocycles. The number of aryl methyl sites for hydroxylation is 1. The van der Waals surface area contributed by atoms with Gasteiger partial charge in [-0.3, -0.25) is 0 Å². The summed E-state index contributed by atoms with van der Waals surface area (Å²) in [5.74, 6) is 0. The van der Waals surface area contributed by atoms with Crippen LogP contribution in [-0.2, 0) is 5.41 Å². The van der Waals surface area contributed by atoms with Gasteiger partial charge in [0.15, 0.2) is 0 Å². The van der Waals surface area contributed by atoms with Crippen molar-refractivity contribution < 1.29 is 0 Å². The maximum Gasteiger partial charge on any atom is 0.0159 e. The van der Waals surface area contributed by atoms with Gasteiger partial charge < -0.3 is 0 Å². The third-order valence-electron chi connectivity index (χ3n) is 12.0. The summed E-state index contributed by atoms with van der Waals surface area (Å²) in [6.07, 6.45) is 0. The van der Waals surface area contributed by atoms with Gasteiger partial charge in [0.1, 0.15) is 0 Å². The molecule has 11 rings (SSSR count). The highest BCUT2D eigenvalue weighted by Gasteiger charge is 2.37. The van der Waals surface area contributed by atoms with Crippen molar-refractivity contribution in [1.82, 2.24) is 0 Å². The van der Waals surface area contributed by atoms with Crippen molar-refractivity contribution in [3.63, 3.8) is 0 Å². The van der Waals surface area contributed by atoms with Crippen LogP contribution in [0.2, 0.25) is 0 Å². The molecule has 0 heterocycles. The predicted molar refractivity (Wildman–Crippen MR) is 214 cm³/mol. The van der Waals surface area contributed by atoms with Crippen LogP contribution in [0.5, 0.6) is 0 Å². The van der Waals surface area contributed by atoms with E-state index in [1.807, 2.05) is 0 Å². The van der Waals surface area contributed by atoms with E-state index in [2.05, 4.69) is 172 Å². The van der Waals surface area contributed by atoms with Crippen LogP contribution in [0.3, 0.4) is 0 Å². The first-order valence-corrected chi connectivity index (χ1v) is 17.8. The molecule has 0 heteroatoms. The summed E-state index contributed by atoms with van der Waals surface area (Å²) < 4.78 is 0. The van der Waals surface area contributed by atoms with E-state index in [1.54, 1.807) is 0 Å². The molecule has 2 aliphatic rings. The minimum atomic E-state index is -0.0798. The van der Waals surface area contributed by atoms with Gasteiger partial charge in [0.2, 0.25) is 0 Å². The van der Waals surface area contributed by atoms with Crippen molar-refractivity contribution in [1.29, 1.82) is 0 Å². The Morgan fingerprint density at radius 3 is 1.48 bits per heavy atom. The van der Waals surface area contributed by atoms with Gasteiger partial charge in [-0.15, -0.1) is 0 Å². The zero-order valence-electron chi connectivity index (χ0n) is 28.4. The summed E-state index contributed by atoms with van der Waals surface area (Å²) in [6, 6.07) is 57.2. The van der Waals surface area contributed by atoms with Gasteiger partial charge in [-0.2, -0.15) is 0 Å². The lowest BCUT2D eigenvalue weighted by Gasteiger charge is -2.25. The SMILES string of the molecule is Cc1c2ccccc2c(-c2c3c(c(-c4ccc5c(c4)C(C)(C)c4ccccc4-5)c4ccccc24)-c2cccc4cccc-3c24)c2ccccc12. The van der Waals surface area contributed by atoms with E-state index in [9.17, 15) is 0 Å². The normalized spacial score (nSPS) is 13.7. The third-order valence-corrected chi connectivity index (χ3v) is 12.0. The minimum absolute atomic E-state index is 0.0798. The molecular weight excluding hydrogens is 601 g/mol. The first-order valence-electron chi connectivity index (χ1n) is 17.8. The van der Waals surface area contributed by atoms with Crippen LogP contribution in [0.25, 0.3) is 98.7 Å². The van der Waals surface area contributed by atoms with Crippen LogP contribution in [0.1, 0.15) is 30.5 Å². The van der Waals surface area contributed by atoms with Crippen LogP contribution in [-0.4, -0.2) is 0 Å². The first kappa shape index (κ1) is 27.9. The summed E-state index contributed by atoms with van der Waals surface area (Å²) in [4.78, 5) is 0. The minimum Gasteiger partial charge on any atom is -0.0619 e. The number of rotatable bonds is 2. The van der Waals surface area contributed by atoms with Crippen molar-refractivity contribution in [2.24, 2.45) is 0 Å². The standard InChI is InChI=1S/C50H34/c1-29-32-16-4-6-19-36(32)46(37-20-7-5-17-33(29)37)47-39-22-9-8-21-38(39)45(48-40-23-12-14-30-15-13-24-41(44(30)40)49(47)48)31-26-27-35-34-18-10-11-25-42(34)50(2,3)43(35)28-31/h4-28H,1-3H3. The average Bonchev–Trinajstić information content (AvgIpc) is 3.61. The van der Waals surface area contributed by atoms with E-state index >= 15 is 0 Å². The van der Waals surface area contributed by atoms with Crippen LogP contribution in [0.4, 0.5) is 0 Å². The van der Waals surface area contributed by atoms with Crippen LogP contribution in [0, 0.1) is 6.92 Å². The lowest BCUT2D eigenvalue weighted by atomic mass is 9.78. The Kier molecular flexibility index (Phi) is 5.47. The molecule has 0 fully saturated rings. The molecule has 0 unspecified atom stereocenters. The monoisotopic (exact) mass is 634 g/mol. The molecule has 0 nitrogen and oxygen atoms in total. The molecule has 0 atom stereocenters. The van der Waals surface area contributed by atoms with E-state index < -0.39 is 0 Å². The van der Waals surface area contributed by atoms with Gasteiger partial charge in [0.05, 0.1) is 0 Å². The Labute approximate surface area is 292 Å². The fourth-order valence-corrected chi connectivity index (χ4v) is 9.77. The van der Waals surface area contributed by atoms with Crippen molar-refractivity contribution in [3.8, 4) is 55.6 Å². The van der Waals surface area contributed by atoms with Gasteiger partial charge in [-0.1, -0.05) is 159 Å². The molecule has 2 aliphatic carbocycles. The highest BCUT2D eigenvalue weighted by molar-refractivity contribution is 6.31. The lowest BCUT2D eigenvalue weighted by Crippen LogP contribution is -2.14. The fraction of sp³-hybridized carbons (Fsp3) is 0.0800. The summed E-state index contributed by atoms with van der Waals surface area (Å²) in [5, 5.41) is 10.5. The largest absolute Gasteiger partial charge is 0.0619 e. The maximum absolute atomic E-state index is 2.51. The molecule has 0 radical (unpaired) electrons. The molecule has 0 N–H and O–H groups in total. The van der Waals surface area contributed by atoms with Crippen LogP contribution >= 0.6 is 0 Å². The zero-order chi connectivity index (χ0) is 33.3. The first-order chi connectivity index (χ1) is 24.5. The molecule has 9 aromatic rings. The Bertz CT molecular complexity index is 2890. The van der Waals surface area contributed by atoms with E-state index in [0.717, 1.165) is 0 Å². The predicted octanol–water partition coefficient (Wildman–Crippen LogP) is 13.9. The second kappa shape index (κ2) is 9.80. The zero-order valence-corrected chi connectivity index (χ0v) is 28.4. The quantitative estimate of drug-likeness (QED) is 0.166. The van der Waals surface area contributed by atoms with Crippen LogP contribution < -0.4 is 0 Å². The molecule has 0 bridgehead atoms. The summed E-state index contributed by atoms with van der Waals surface area (Å²) in [6.45, 7) is 7.05. The fourth-order valence-electron chi connectivity index (χ4n) is 9.77. The molecule has 0 saturated heterocycles. The second-order valence-corrected chi connectivity index (χ2v) is 14.8. The topological polar surface area (TPSA) is 0 Å². The Hall–Kier alpha value is -5.98. The second-order valence-electron chi connectivity index (χ2n) is 14.8. The Morgan fingerprint density at radius 1 is 0.360 bits per heavy atom. The molecule has 0 aromatic heterocycles. The molecule has 0 spiro atoms. The smallest absolute Gasteiger partial charge is 0.0159 e. The van der Waals surface area contributed by atoms with Crippen molar-refractivity contribution in [2.75, 3.05) is 0 Å². The highest BCUT2D eigenvalue weighted by atomic mass is 14.4. The number of hydrogen-bond donors (Lipinski definition) is 0. The molecule has 0 saturated carbocycles. The van der Waals surface area contributed by atoms with E-state index in [-0.39, 0.29) is 5.41 Å². The van der Waals surface area contributed by atoms with Gasteiger partial charge in [-0.25, -0.2) is 0 Å². The Balaban J connectivity index is 1.35. The van der Waals surface area contributed by atoms with Gasteiger partial charge in [0, 0.05) is 5.41 Å². The third kappa shape index (κ3) is 3.46. The van der Waals surface area contributed by atoms with E-state index in [0.29, 0.717) is 0 Å². The number of hydrogen-bond acceptors (Lipinski definition) is 0. The summed E-state index contributed by atoms with van der Waals surface area (Å²) in [5.41, 5.74) is 17.4. The van der Waals surface area contributed by atoms with Crippen molar-refractivity contribution in [3.05, 3.63) is 168 Å². The number of benzene rings is 9. The van der Waals surface area contributed by atoms with Gasteiger partial charge in [-0.05, 0) is 128 Å². The average molecular weight is 635 g/mol. The Morgan fingerprint density at radius 2 is 0.840 bits per heavy atom. The lowest BCUT2D eigenvalue weighted by molar-refractivity contribution is 0.660.